The summed E-state index contributed by atoms with van der Waals surface area (Å²) in [6.45, 7) is -0.375. The summed E-state index contributed by atoms with van der Waals surface area (Å²) in [7, 11) is 4.35. The molecule has 0 bridgehead atoms. The Morgan fingerprint density at radius 2 is 1.74 bits per heavy atom. The Kier molecular flexibility index (Phi) is 5.17. The molecule has 0 heterocycles. The number of carboxylic acids is 1. The first-order chi connectivity index (χ1) is 8.90. The standard InChI is InChI=1S/C12H14BrNO5/c1-14(6-10(15)16)12(17)7-4-8(18-2)11(13)9(5-7)19-3/h4-5H,6H2,1-3H3,(H,15,16). The Balaban J connectivity index is 3.13. The average molecular weight is 332 g/mol. The molecule has 0 fully saturated rings. The summed E-state index contributed by atoms with van der Waals surface area (Å²) in [5, 5.41) is 8.67. The molecule has 1 rings (SSSR count). The van der Waals surface area contributed by atoms with E-state index in [4.69, 9.17) is 14.6 Å². The zero-order valence-corrected chi connectivity index (χ0v) is 12.4. The number of rotatable bonds is 5. The van der Waals surface area contributed by atoms with Gasteiger partial charge in [0.25, 0.3) is 5.91 Å². The zero-order valence-electron chi connectivity index (χ0n) is 10.8. The average Bonchev–Trinajstić information content (AvgIpc) is 2.37. The van der Waals surface area contributed by atoms with Crippen LogP contribution >= 0.6 is 15.9 Å². The number of likely N-dealkylation sites (N-methyl/N-ethyl adjacent to an activating group) is 1. The highest BCUT2D eigenvalue weighted by atomic mass is 79.9. The fourth-order valence-electron chi connectivity index (χ4n) is 1.49. The zero-order chi connectivity index (χ0) is 14.6. The Labute approximate surface area is 119 Å². The molecule has 1 amide bonds. The number of carboxylic acid groups (broad SMARTS) is 1. The number of halogens is 1. The van der Waals surface area contributed by atoms with Gasteiger partial charge >= 0.3 is 5.97 Å². The largest absolute Gasteiger partial charge is 0.495 e. The number of hydrogen-bond acceptors (Lipinski definition) is 4. The highest BCUT2D eigenvalue weighted by Crippen LogP contribution is 2.35. The Bertz CT molecular complexity index is 478. The van der Waals surface area contributed by atoms with Crippen molar-refractivity contribution in [1.82, 2.24) is 4.90 Å². The van der Waals surface area contributed by atoms with Crippen molar-refractivity contribution in [2.75, 3.05) is 27.8 Å². The number of carbonyl (C=O) groups is 2. The van der Waals surface area contributed by atoms with Crippen molar-refractivity contribution < 1.29 is 24.2 Å². The third kappa shape index (κ3) is 3.60. The maximum absolute atomic E-state index is 12.1. The summed E-state index contributed by atoms with van der Waals surface area (Å²) in [6.07, 6.45) is 0. The number of hydrogen-bond donors (Lipinski definition) is 1. The summed E-state index contributed by atoms with van der Waals surface area (Å²) >= 11 is 3.29. The molecule has 0 spiro atoms. The minimum absolute atomic E-state index is 0.292. The number of benzene rings is 1. The third-order valence-corrected chi connectivity index (χ3v) is 3.19. The molecule has 6 nitrogen and oxygen atoms in total. The molecule has 0 aliphatic heterocycles. The lowest BCUT2D eigenvalue weighted by molar-refractivity contribution is -0.137. The Hall–Kier alpha value is -1.76. The molecule has 1 aromatic rings. The lowest BCUT2D eigenvalue weighted by Gasteiger charge is -2.16. The van der Waals surface area contributed by atoms with E-state index in [2.05, 4.69) is 15.9 Å². The lowest BCUT2D eigenvalue weighted by atomic mass is 10.1. The number of methoxy groups -OCH3 is 2. The van der Waals surface area contributed by atoms with Crippen molar-refractivity contribution in [2.24, 2.45) is 0 Å². The predicted octanol–water partition coefficient (Wildman–Crippen LogP) is 1.62. The molecule has 104 valence electrons. The van der Waals surface area contributed by atoms with E-state index >= 15 is 0 Å². The van der Waals surface area contributed by atoms with Crippen LogP contribution in [0.5, 0.6) is 11.5 Å². The van der Waals surface area contributed by atoms with Gasteiger partial charge in [-0.3, -0.25) is 9.59 Å². The minimum atomic E-state index is -1.08. The van der Waals surface area contributed by atoms with Crippen molar-refractivity contribution in [3.63, 3.8) is 0 Å². The smallest absolute Gasteiger partial charge is 0.323 e. The number of ether oxygens (including phenoxy) is 2. The van der Waals surface area contributed by atoms with Crippen molar-refractivity contribution in [2.45, 2.75) is 0 Å². The van der Waals surface area contributed by atoms with Crippen LogP contribution in [0, 0.1) is 0 Å². The van der Waals surface area contributed by atoms with Gasteiger partial charge < -0.3 is 19.5 Å². The van der Waals surface area contributed by atoms with Gasteiger partial charge in [-0.05, 0) is 28.1 Å². The van der Waals surface area contributed by atoms with Crippen LogP contribution in [0.25, 0.3) is 0 Å². The summed E-state index contributed by atoms with van der Waals surface area (Å²) < 4.78 is 10.8. The molecule has 0 atom stereocenters. The van der Waals surface area contributed by atoms with Crippen LogP contribution in [0.4, 0.5) is 0 Å². The normalized spacial score (nSPS) is 9.89. The van der Waals surface area contributed by atoms with Gasteiger partial charge in [0, 0.05) is 12.6 Å². The fraction of sp³-hybridized carbons (Fsp3) is 0.333. The summed E-state index contributed by atoms with van der Waals surface area (Å²) in [6, 6.07) is 3.04. The number of nitrogens with zero attached hydrogens (tertiary/aromatic N) is 1. The minimum Gasteiger partial charge on any atom is -0.495 e. The van der Waals surface area contributed by atoms with E-state index in [-0.39, 0.29) is 6.54 Å². The molecule has 0 saturated heterocycles. The van der Waals surface area contributed by atoms with Crippen LogP contribution in [0.1, 0.15) is 10.4 Å². The second-order valence-corrected chi connectivity index (χ2v) is 4.54. The predicted molar refractivity (Wildman–Crippen MR) is 71.8 cm³/mol. The monoisotopic (exact) mass is 331 g/mol. The van der Waals surface area contributed by atoms with Gasteiger partial charge in [-0.1, -0.05) is 0 Å². The third-order valence-electron chi connectivity index (χ3n) is 2.41. The molecule has 1 N–H and O–H groups in total. The van der Waals surface area contributed by atoms with E-state index in [9.17, 15) is 9.59 Å². The summed E-state index contributed by atoms with van der Waals surface area (Å²) in [5.41, 5.74) is 0.292. The van der Waals surface area contributed by atoms with Crippen LogP contribution in [-0.2, 0) is 4.79 Å². The van der Waals surface area contributed by atoms with E-state index in [0.717, 1.165) is 4.90 Å². The number of aliphatic carboxylic acids is 1. The topological polar surface area (TPSA) is 76.1 Å². The maximum Gasteiger partial charge on any atom is 0.323 e. The lowest BCUT2D eigenvalue weighted by Crippen LogP contribution is -2.31. The Morgan fingerprint density at radius 3 is 2.11 bits per heavy atom. The van der Waals surface area contributed by atoms with Crippen molar-refractivity contribution in [1.29, 1.82) is 0 Å². The molecular formula is C12H14BrNO5. The SMILES string of the molecule is COc1cc(C(=O)N(C)CC(=O)O)cc(OC)c1Br. The molecule has 1 aromatic carbocycles. The summed E-state index contributed by atoms with van der Waals surface area (Å²) in [4.78, 5) is 23.8. The maximum atomic E-state index is 12.1. The van der Waals surface area contributed by atoms with Crippen molar-refractivity contribution in [3.8, 4) is 11.5 Å². The molecule has 0 aromatic heterocycles. The van der Waals surface area contributed by atoms with Crippen molar-refractivity contribution >= 4 is 27.8 Å². The molecule has 0 saturated carbocycles. The fourth-order valence-corrected chi connectivity index (χ4v) is 2.04. The van der Waals surface area contributed by atoms with Crippen molar-refractivity contribution in [3.05, 3.63) is 22.2 Å². The van der Waals surface area contributed by atoms with Crippen LogP contribution in [-0.4, -0.2) is 49.7 Å². The van der Waals surface area contributed by atoms with Gasteiger partial charge in [0.15, 0.2) is 0 Å². The summed E-state index contributed by atoms with van der Waals surface area (Å²) in [5.74, 6) is -0.628. The number of carbonyl (C=O) groups excluding carboxylic acids is 1. The van der Waals surface area contributed by atoms with Crippen LogP contribution in [0.3, 0.4) is 0 Å². The highest BCUT2D eigenvalue weighted by Gasteiger charge is 2.18. The molecule has 19 heavy (non-hydrogen) atoms. The first-order valence-corrected chi connectivity index (χ1v) is 6.08. The van der Waals surface area contributed by atoms with Gasteiger partial charge in [-0.25, -0.2) is 0 Å². The molecule has 0 aliphatic rings. The van der Waals surface area contributed by atoms with E-state index < -0.39 is 11.9 Å². The van der Waals surface area contributed by atoms with Crippen LogP contribution in [0.15, 0.2) is 16.6 Å². The molecule has 7 heteroatoms. The first kappa shape index (κ1) is 15.3. The molecule has 0 aliphatic carbocycles. The first-order valence-electron chi connectivity index (χ1n) is 5.29. The molecule has 0 unspecified atom stereocenters. The molecule has 0 radical (unpaired) electrons. The van der Waals surface area contributed by atoms with Gasteiger partial charge in [0.2, 0.25) is 0 Å². The quantitative estimate of drug-likeness (QED) is 0.887. The number of amides is 1. The van der Waals surface area contributed by atoms with Crippen LogP contribution < -0.4 is 9.47 Å². The van der Waals surface area contributed by atoms with E-state index in [0.29, 0.717) is 21.5 Å². The Morgan fingerprint density at radius 1 is 1.26 bits per heavy atom. The van der Waals surface area contributed by atoms with E-state index in [1.165, 1.54) is 33.4 Å². The van der Waals surface area contributed by atoms with Gasteiger partial charge in [0.1, 0.15) is 22.5 Å². The van der Waals surface area contributed by atoms with E-state index in [1.807, 2.05) is 0 Å². The van der Waals surface area contributed by atoms with Gasteiger partial charge in [-0.15, -0.1) is 0 Å². The second-order valence-electron chi connectivity index (χ2n) is 3.75. The molecular weight excluding hydrogens is 318 g/mol. The van der Waals surface area contributed by atoms with Crippen LogP contribution in [0.2, 0.25) is 0 Å². The highest BCUT2D eigenvalue weighted by molar-refractivity contribution is 9.10. The van der Waals surface area contributed by atoms with Gasteiger partial charge in [0.05, 0.1) is 14.2 Å². The van der Waals surface area contributed by atoms with Gasteiger partial charge in [-0.2, -0.15) is 0 Å². The second kappa shape index (κ2) is 6.42. The van der Waals surface area contributed by atoms with E-state index in [1.54, 1.807) is 0 Å².